The third-order valence-electron chi connectivity index (χ3n) is 5.20. The van der Waals surface area contributed by atoms with Crippen molar-refractivity contribution in [3.8, 4) is 11.5 Å². The van der Waals surface area contributed by atoms with Crippen LogP contribution in [0.25, 0.3) is 6.08 Å². The van der Waals surface area contributed by atoms with E-state index in [4.69, 9.17) is 19.9 Å². The molecular weight excluding hydrogens is 456 g/mol. The number of ether oxygens (including phenoxy) is 3. The van der Waals surface area contributed by atoms with Gasteiger partial charge < -0.3 is 25.3 Å². The van der Waals surface area contributed by atoms with Crippen LogP contribution in [0.15, 0.2) is 24.3 Å². The van der Waals surface area contributed by atoms with Gasteiger partial charge in [-0.2, -0.15) is 0 Å². The number of esters is 1. The molecule has 0 aliphatic heterocycles. The molecule has 0 unspecified atom stereocenters. The quantitative estimate of drug-likeness (QED) is 0.265. The summed E-state index contributed by atoms with van der Waals surface area (Å²) in [6, 6.07) is 5.39. The van der Waals surface area contributed by atoms with E-state index in [1.54, 1.807) is 18.2 Å². The van der Waals surface area contributed by atoms with Crippen molar-refractivity contribution in [2.75, 3.05) is 25.1 Å². The zero-order valence-electron chi connectivity index (χ0n) is 19.5. The second kappa shape index (κ2) is 12.2. The molecule has 3 N–H and O–H groups in total. The average Bonchev–Trinajstić information content (AvgIpc) is 3.38. The smallest absolute Gasteiger partial charge is 0.331 e. The Kier molecular flexibility index (Phi) is 9.09. The van der Waals surface area contributed by atoms with E-state index in [1.165, 1.54) is 17.4 Å². The van der Waals surface area contributed by atoms with Crippen molar-refractivity contribution in [1.29, 1.82) is 0 Å². The molecule has 9 heteroatoms. The number of benzene rings is 1. The monoisotopic (exact) mass is 486 g/mol. The van der Waals surface area contributed by atoms with Crippen molar-refractivity contribution in [3.05, 3.63) is 45.8 Å². The molecule has 2 aromatic rings. The first-order chi connectivity index (χ1) is 16.4. The van der Waals surface area contributed by atoms with Crippen LogP contribution in [0.1, 0.15) is 59.5 Å². The fourth-order valence-corrected chi connectivity index (χ4v) is 4.92. The number of amides is 2. The van der Waals surface area contributed by atoms with Gasteiger partial charge in [0.15, 0.2) is 18.1 Å². The Balaban J connectivity index is 1.54. The summed E-state index contributed by atoms with van der Waals surface area (Å²) in [6.07, 6.45) is 7.42. The summed E-state index contributed by atoms with van der Waals surface area (Å²) >= 11 is 1.35. The highest BCUT2D eigenvalue weighted by molar-refractivity contribution is 7.17. The SMILES string of the molecule is CCCCOc1ccc(C=CC(=O)OCC(=O)Nc2sc3c(c2C(N)=O)CCC3)cc1OCC. The largest absolute Gasteiger partial charge is 0.490 e. The average molecular weight is 487 g/mol. The second-order valence-corrected chi connectivity index (χ2v) is 8.86. The topological polar surface area (TPSA) is 117 Å². The number of fused-ring (bicyclic) bond motifs is 1. The summed E-state index contributed by atoms with van der Waals surface area (Å²) in [6.45, 7) is 4.60. The summed E-state index contributed by atoms with van der Waals surface area (Å²) in [4.78, 5) is 37.3. The highest BCUT2D eigenvalue weighted by Gasteiger charge is 2.26. The Hall–Kier alpha value is -3.33. The van der Waals surface area contributed by atoms with Crippen LogP contribution in [0.5, 0.6) is 11.5 Å². The minimum atomic E-state index is -0.666. The zero-order valence-corrected chi connectivity index (χ0v) is 20.3. The normalized spacial score (nSPS) is 12.4. The molecule has 0 saturated carbocycles. The molecule has 1 aromatic carbocycles. The fourth-order valence-electron chi connectivity index (χ4n) is 3.61. The molecule has 2 amide bonds. The number of rotatable bonds is 12. The number of nitrogens with one attached hydrogen (secondary N) is 1. The van der Waals surface area contributed by atoms with Crippen LogP contribution >= 0.6 is 11.3 Å². The van der Waals surface area contributed by atoms with Crippen LogP contribution < -0.4 is 20.5 Å². The van der Waals surface area contributed by atoms with Crippen LogP contribution in [-0.2, 0) is 27.2 Å². The van der Waals surface area contributed by atoms with E-state index in [9.17, 15) is 14.4 Å². The van der Waals surface area contributed by atoms with Crippen LogP contribution in [-0.4, -0.2) is 37.6 Å². The second-order valence-electron chi connectivity index (χ2n) is 7.76. The highest BCUT2D eigenvalue weighted by atomic mass is 32.1. The van der Waals surface area contributed by atoms with E-state index in [2.05, 4.69) is 12.2 Å². The van der Waals surface area contributed by atoms with E-state index in [1.807, 2.05) is 13.0 Å². The van der Waals surface area contributed by atoms with Gasteiger partial charge in [0.1, 0.15) is 5.00 Å². The van der Waals surface area contributed by atoms with Crippen molar-refractivity contribution in [2.45, 2.75) is 46.0 Å². The Morgan fingerprint density at radius 2 is 1.97 bits per heavy atom. The van der Waals surface area contributed by atoms with Gasteiger partial charge in [-0.1, -0.05) is 19.4 Å². The molecule has 0 fully saturated rings. The molecule has 0 saturated heterocycles. The van der Waals surface area contributed by atoms with Crippen LogP contribution in [0.2, 0.25) is 0 Å². The molecule has 0 atom stereocenters. The molecule has 0 bridgehead atoms. The van der Waals surface area contributed by atoms with Gasteiger partial charge in [-0.3, -0.25) is 9.59 Å². The number of primary amides is 1. The third kappa shape index (κ3) is 6.60. The summed E-state index contributed by atoms with van der Waals surface area (Å²) < 4.78 is 16.4. The highest BCUT2D eigenvalue weighted by Crippen LogP contribution is 2.38. The van der Waals surface area contributed by atoms with Crippen LogP contribution in [0.3, 0.4) is 0 Å². The van der Waals surface area contributed by atoms with Gasteiger partial charge in [0, 0.05) is 11.0 Å². The molecule has 8 nitrogen and oxygen atoms in total. The van der Waals surface area contributed by atoms with Gasteiger partial charge in [-0.15, -0.1) is 11.3 Å². The lowest BCUT2D eigenvalue weighted by atomic mass is 10.1. The van der Waals surface area contributed by atoms with Crippen molar-refractivity contribution in [1.82, 2.24) is 0 Å². The van der Waals surface area contributed by atoms with Gasteiger partial charge in [-0.05, 0) is 61.9 Å². The molecule has 1 aliphatic rings. The van der Waals surface area contributed by atoms with E-state index < -0.39 is 24.4 Å². The number of unbranched alkanes of at least 4 members (excludes halogenated alkanes) is 1. The molecule has 1 aliphatic carbocycles. The van der Waals surface area contributed by atoms with Crippen LogP contribution in [0.4, 0.5) is 5.00 Å². The molecule has 1 aromatic heterocycles. The third-order valence-corrected chi connectivity index (χ3v) is 6.41. The van der Waals surface area contributed by atoms with Crippen molar-refractivity contribution in [3.63, 3.8) is 0 Å². The first-order valence-electron chi connectivity index (χ1n) is 11.4. The number of nitrogens with two attached hydrogens (primary N) is 1. The first-order valence-corrected chi connectivity index (χ1v) is 12.2. The Bertz CT molecular complexity index is 1080. The number of anilines is 1. The van der Waals surface area contributed by atoms with Gasteiger partial charge in [0.2, 0.25) is 0 Å². The van der Waals surface area contributed by atoms with Crippen molar-refractivity contribution < 1.29 is 28.6 Å². The molecule has 34 heavy (non-hydrogen) atoms. The Labute approximate surface area is 203 Å². The van der Waals surface area contributed by atoms with Gasteiger partial charge in [0.05, 0.1) is 18.8 Å². The lowest BCUT2D eigenvalue weighted by Gasteiger charge is -2.12. The maximum atomic E-state index is 12.3. The van der Waals surface area contributed by atoms with E-state index >= 15 is 0 Å². The lowest BCUT2D eigenvalue weighted by Crippen LogP contribution is -2.22. The van der Waals surface area contributed by atoms with Crippen LogP contribution in [0, 0.1) is 0 Å². The maximum Gasteiger partial charge on any atom is 0.331 e. The number of thiophene rings is 1. The molecule has 3 rings (SSSR count). The molecule has 182 valence electrons. The minimum Gasteiger partial charge on any atom is -0.490 e. The number of carbonyl (C=O) groups excluding carboxylic acids is 3. The van der Waals surface area contributed by atoms with Crippen molar-refractivity contribution >= 4 is 40.2 Å². The zero-order chi connectivity index (χ0) is 24.5. The summed E-state index contributed by atoms with van der Waals surface area (Å²) in [5.74, 6) is -0.512. The summed E-state index contributed by atoms with van der Waals surface area (Å²) in [5.41, 5.74) is 7.51. The summed E-state index contributed by atoms with van der Waals surface area (Å²) in [5, 5.41) is 3.06. The molecule has 0 radical (unpaired) electrons. The number of carbonyl (C=O) groups is 3. The predicted octanol–water partition coefficient (Wildman–Crippen LogP) is 4.11. The predicted molar refractivity (Wildman–Crippen MR) is 131 cm³/mol. The number of hydrogen-bond acceptors (Lipinski definition) is 7. The van der Waals surface area contributed by atoms with Crippen molar-refractivity contribution in [2.24, 2.45) is 5.73 Å². The lowest BCUT2D eigenvalue weighted by molar-refractivity contribution is -0.142. The van der Waals surface area contributed by atoms with E-state index in [0.29, 0.717) is 35.3 Å². The number of aryl methyl sites for hydroxylation is 1. The first kappa shape index (κ1) is 25.3. The fraction of sp³-hybridized carbons (Fsp3) is 0.400. The minimum absolute atomic E-state index is 0.365. The number of hydrogen-bond donors (Lipinski definition) is 2. The summed E-state index contributed by atoms with van der Waals surface area (Å²) in [7, 11) is 0. The van der Waals surface area contributed by atoms with E-state index in [0.717, 1.165) is 48.1 Å². The Morgan fingerprint density at radius 1 is 1.15 bits per heavy atom. The van der Waals surface area contributed by atoms with Gasteiger partial charge >= 0.3 is 5.97 Å². The standard InChI is InChI=1S/C25H30N2O6S/c1-3-5-13-32-18-11-9-16(14-19(18)31-4-2)10-12-22(29)33-15-21(28)27-25-23(24(26)30)17-7-6-8-20(17)34-25/h9-12,14H,3-8,13,15H2,1-2H3,(H2,26,30)(H,27,28). The molecular formula is C25H30N2O6S. The molecule has 0 spiro atoms. The molecule has 1 heterocycles. The Morgan fingerprint density at radius 3 is 2.71 bits per heavy atom. The van der Waals surface area contributed by atoms with E-state index in [-0.39, 0.29) is 0 Å². The van der Waals surface area contributed by atoms with Gasteiger partial charge in [-0.25, -0.2) is 4.79 Å². The van der Waals surface area contributed by atoms with Gasteiger partial charge in [0.25, 0.3) is 11.8 Å². The maximum absolute atomic E-state index is 12.3.